The zero-order valence-electron chi connectivity index (χ0n) is 15.0. The lowest BCUT2D eigenvalue weighted by molar-refractivity contribution is -0.118. The molecular weight excluding hydrogens is 331 g/mol. The third-order valence-electron chi connectivity index (χ3n) is 5.12. The van der Waals surface area contributed by atoms with Crippen molar-refractivity contribution in [1.29, 1.82) is 5.26 Å². The molecule has 2 fully saturated rings. The first-order valence-electron chi connectivity index (χ1n) is 9.33. The Balaban J connectivity index is 1.56. The summed E-state index contributed by atoms with van der Waals surface area (Å²) < 4.78 is 13.9. The summed E-state index contributed by atoms with van der Waals surface area (Å²) in [5.74, 6) is -0.503. The summed E-state index contributed by atoms with van der Waals surface area (Å²) in [7, 11) is 0. The quantitative estimate of drug-likeness (QED) is 0.666. The summed E-state index contributed by atoms with van der Waals surface area (Å²) in [4.78, 5) is 16.3. The molecule has 0 aromatic heterocycles. The van der Waals surface area contributed by atoms with Crippen LogP contribution in [0.25, 0.3) is 0 Å². The van der Waals surface area contributed by atoms with Gasteiger partial charge in [-0.3, -0.25) is 4.79 Å². The van der Waals surface area contributed by atoms with Crippen LogP contribution < -0.4 is 10.2 Å². The van der Waals surface area contributed by atoms with Crippen molar-refractivity contribution < 1.29 is 9.18 Å². The van der Waals surface area contributed by atoms with Gasteiger partial charge in [0.2, 0.25) is 0 Å². The molecular formula is C20H25FN4O. The molecule has 1 amide bonds. The third kappa shape index (κ3) is 4.54. The SMILES string of the molecule is N#C/C(=C/N1CCN(c2ccccc2F)CC1)C(=O)NC1CCCCC1. The van der Waals surface area contributed by atoms with Crippen molar-refractivity contribution in [2.45, 2.75) is 38.1 Å². The van der Waals surface area contributed by atoms with Crippen LogP contribution >= 0.6 is 0 Å². The fourth-order valence-electron chi connectivity index (χ4n) is 3.63. The van der Waals surface area contributed by atoms with E-state index in [1.165, 1.54) is 12.5 Å². The molecule has 0 unspecified atom stereocenters. The van der Waals surface area contributed by atoms with Gasteiger partial charge in [-0.25, -0.2) is 4.39 Å². The lowest BCUT2D eigenvalue weighted by atomic mass is 9.95. The predicted octanol–water partition coefficient (Wildman–Crippen LogP) is 2.80. The van der Waals surface area contributed by atoms with Gasteiger partial charge in [0.05, 0.1) is 5.69 Å². The van der Waals surface area contributed by atoms with E-state index in [1.807, 2.05) is 21.9 Å². The zero-order valence-corrected chi connectivity index (χ0v) is 15.0. The topological polar surface area (TPSA) is 59.4 Å². The number of rotatable bonds is 4. The van der Waals surface area contributed by atoms with E-state index in [-0.39, 0.29) is 23.3 Å². The average Bonchev–Trinajstić information content (AvgIpc) is 2.68. The largest absolute Gasteiger partial charge is 0.373 e. The Kier molecular flexibility index (Phi) is 6.11. The smallest absolute Gasteiger partial charge is 0.263 e. The second-order valence-electron chi connectivity index (χ2n) is 6.94. The molecule has 3 rings (SSSR count). The summed E-state index contributed by atoms with van der Waals surface area (Å²) in [5, 5.41) is 12.3. The Bertz CT molecular complexity index is 698. The number of hydrogen-bond acceptors (Lipinski definition) is 4. The molecule has 0 atom stereocenters. The van der Waals surface area contributed by atoms with Crippen molar-refractivity contribution in [2.75, 3.05) is 31.1 Å². The maximum Gasteiger partial charge on any atom is 0.263 e. The van der Waals surface area contributed by atoms with Crippen LogP contribution in [0.4, 0.5) is 10.1 Å². The van der Waals surface area contributed by atoms with E-state index in [1.54, 1.807) is 18.3 Å². The van der Waals surface area contributed by atoms with Gasteiger partial charge < -0.3 is 15.1 Å². The van der Waals surface area contributed by atoms with Gasteiger partial charge in [-0.05, 0) is 25.0 Å². The molecule has 1 aromatic rings. The summed E-state index contributed by atoms with van der Waals surface area (Å²) in [6.07, 6.45) is 7.12. The third-order valence-corrected chi connectivity index (χ3v) is 5.12. The second-order valence-corrected chi connectivity index (χ2v) is 6.94. The number of piperazine rings is 1. The highest BCUT2D eigenvalue weighted by atomic mass is 19.1. The Morgan fingerprint density at radius 1 is 1.15 bits per heavy atom. The van der Waals surface area contributed by atoms with E-state index in [9.17, 15) is 14.4 Å². The Morgan fingerprint density at radius 3 is 2.50 bits per heavy atom. The number of amides is 1. The second kappa shape index (κ2) is 8.70. The lowest BCUT2D eigenvalue weighted by Crippen LogP contribution is -2.45. The molecule has 1 N–H and O–H groups in total. The summed E-state index contributed by atoms with van der Waals surface area (Å²) in [5.41, 5.74) is 0.751. The van der Waals surface area contributed by atoms with Crippen LogP contribution in [0.2, 0.25) is 0 Å². The van der Waals surface area contributed by atoms with Gasteiger partial charge in [0.25, 0.3) is 5.91 Å². The Labute approximate surface area is 154 Å². The molecule has 0 radical (unpaired) electrons. The molecule has 0 bridgehead atoms. The van der Waals surface area contributed by atoms with Gasteiger partial charge in [-0.1, -0.05) is 31.4 Å². The van der Waals surface area contributed by atoms with Crippen molar-refractivity contribution in [3.63, 3.8) is 0 Å². The van der Waals surface area contributed by atoms with Crippen LogP contribution in [-0.4, -0.2) is 43.0 Å². The number of benzene rings is 1. The fraction of sp³-hybridized carbons (Fsp3) is 0.500. The van der Waals surface area contributed by atoms with E-state index in [2.05, 4.69) is 5.32 Å². The molecule has 1 saturated carbocycles. The van der Waals surface area contributed by atoms with E-state index in [4.69, 9.17) is 0 Å². The number of nitrogens with zero attached hydrogens (tertiary/aromatic N) is 3. The molecule has 1 heterocycles. The van der Waals surface area contributed by atoms with Crippen LogP contribution in [0.3, 0.4) is 0 Å². The molecule has 5 nitrogen and oxygen atoms in total. The molecule has 138 valence electrons. The van der Waals surface area contributed by atoms with E-state index in [0.717, 1.165) is 25.7 Å². The van der Waals surface area contributed by atoms with Crippen molar-refractivity contribution in [3.8, 4) is 6.07 Å². The summed E-state index contributed by atoms with van der Waals surface area (Å²) >= 11 is 0. The van der Waals surface area contributed by atoms with Gasteiger partial charge >= 0.3 is 0 Å². The molecule has 1 aromatic carbocycles. The number of nitriles is 1. The first-order valence-corrected chi connectivity index (χ1v) is 9.33. The van der Waals surface area contributed by atoms with E-state index >= 15 is 0 Å². The normalized spacial score (nSPS) is 19.2. The van der Waals surface area contributed by atoms with Gasteiger partial charge in [-0.2, -0.15) is 5.26 Å². The number of hydrogen-bond donors (Lipinski definition) is 1. The standard InChI is InChI=1S/C20H25FN4O/c21-18-8-4-5-9-19(18)25-12-10-24(11-13-25)15-16(14-22)20(26)23-17-6-2-1-3-7-17/h4-5,8-9,15,17H,1-3,6-7,10-13H2,(H,23,26)/b16-15-. The first-order chi connectivity index (χ1) is 12.7. The summed E-state index contributed by atoms with van der Waals surface area (Å²) in [6.45, 7) is 2.60. The maximum absolute atomic E-state index is 13.9. The highest BCUT2D eigenvalue weighted by Gasteiger charge is 2.21. The summed E-state index contributed by atoms with van der Waals surface area (Å²) in [6, 6.07) is 8.96. The van der Waals surface area contributed by atoms with E-state index < -0.39 is 0 Å². The number of anilines is 1. The lowest BCUT2D eigenvalue weighted by Gasteiger charge is -2.35. The molecule has 26 heavy (non-hydrogen) atoms. The van der Waals surface area contributed by atoms with Gasteiger partial charge in [0, 0.05) is 38.4 Å². The van der Waals surface area contributed by atoms with Crippen molar-refractivity contribution >= 4 is 11.6 Å². The Morgan fingerprint density at radius 2 is 1.85 bits per heavy atom. The highest BCUT2D eigenvalue weighted by Crippen LogP contribution is 2.21. The zero-order chi connectivity index (χ0) is 18.4. The predicted molar refractivity (Wildman–Crippen MR) is 98.9 cm³/mol. The average molecular weight is 356 g/mol. The minimum absolute atomic E-state index is 0.148. The monoisotopic (exact) mass is 356 g/mol. The molecule has 6 heteroatoms. The van der Waals surface area contributed by atoms with E-state index in [0.29, 0.717) is 31.9 Å². The fourth-order valence-corrected chi connectivity index (χ4v) is 3.63. The van der Waals surface area contributed by atoms with Crippen LogP contribution in [0, 0.1) is 17.1 Å². The van der Waals surface area contributed by atoms with Crippen molar-refractivity contribution in [2.24, 2.45) is 0 Å². The van der Waals surface area contributed by atoms with Crippen LogP contribution in [-0.2, 0) is 4.79 Å². The molecule has 1 aliphatic heterocycles. The first kappa shape index (κ1) is 18.2. The number of carbonyl (C=O) groups excluding carboxylic acids is 1. The van der Waals surface area contributed by atoms with Crippen molar-refractivity contribution in [1.82, 2.24) is 10.2 Å². The minimum atomic E-state index is -0.282. The number of nitrogens with one attached hydrogen (secondary N) is 1. The van der Waals surface area contributed by atoms with Gasteiger partial charge in [0.1, 0.15) is 17.5 Å². The molecule has 1 aliphatic carbocycles. The van der Waals surface area contributed by atoms with Crippen molar-refractivity contribution in [3.05, 3.63) is 41.9 Å². The van der Waals surface area contributed by atoms with Gasteiger partial charge in [-0.15, -0.1) is 0 Å². The molecule has 1 saturated heterocycles. The van der Waals surface area contributed by atoms with Crippen LogP contribution in [0.5, 0.6) is 0 Å². The number of halogens is 1. The number of para-hydroxylation sites is 1. The van der Waals surface area contributed by atoms with Crippen LogP contribution in [0.1, 0.15) is 32.1 Å². The molecule has 0 spiro atoms. The number of carbonyl (C=O) groups is 1. The molecule has 2 aliphatic rings. The minimum Gasteiger partial charge on any atom is -0.373 e. The maximum atomic E-state index is 13.9. The van der Waals surface area contributed by atoms with Gasteiger partial charge in [0.15, 0.2) is 0 Å². The highest BCUT2D eigenvalue weighted by molar-refractivity contribution is 5.97. The Hall–Kier alpha value is -2.55. The van der Waals surface area contributed by atoms with Crippen LogP contribution in [0.15, 0.2) is 36.0 Å².